The lowest BCUT2D eigenvalue weighted by Gasteiger charge is -2.28. The molecule has 1 saturated heterocycles. The van der Waals surface area contributed by atoms with Crippen LogP contribution in [-0.2, 0) is 30.5 Å². The number of carbonyl (C=O) groups excluding carboxylic acids is 4. The molecule has 3 N–H and O–H groups in total. The Kier molecular flexibility index (Phi) is 9.68. The predicted octanol–water partition coefficient (Wildman–Crippen LogP) is 2.15. The Labute approximate surface area is 189 Å². The fourth-order valence-corrected chi connectivity index (χ4v) is 4.03. The van der Waals surface area contributed by atoms with E-state index in [4.69, 9.17) is 10.5 Å². The van der Waals surface area contributed by atoms with E-state index in [2.05, 4.69) is 19.2 Å². The van der Waals surface area contributed by atoms with E-state index in [9.17, 15) is 19.2 Å². The van der Waals surface area contributed by atoms with Crippen molar-refractivity contribution in [2.45, 2.75) is 71.6 Å². The van der Waals surface area contributed by atoms with Gasteiger partial charge in [-0.3, -0.25) is 14.4 Å². The third-order valence-electron chi connectivity index (χ3n) is 5.59. The molecule has 1 heterocycles. The molecule has 1 aliphatic heterocycles. The minimum atomic E-state index is -1.01. The number of carbonyl (C=O) groups is 4. The molecule has 1 aliphatic rings. The van der Waals surface area contributed by atoms with Crippen molar-refractivity contribution in [3.05, 3.63) is 35.9 Å². The van der Waals surface area contributed by atoms with Gasteiger partial charge in [0.15, 0.2) is 0 Å². The molecule has 176 valence electrons. The molecule has 0 bridgehead atoms. The van der Waals surface area contributed by atoms with E-state index < -0.39 is 29.9 Å². The van der Waals surface area contributed by atoms with Crippen molar-refractivity contribution in [2.24, 2.45) is 17.6 Å². The first-order chi connectivity index (χ1) is 15.2. The lowest BCUT2D eigenvalue weighted by Crippen LogP contribution is -2.52. The lowest BCUT2D eigenvalue weighted by molar-refractivity contribution is -0.150. The molecule has 1 fully saturated rings. The number of hydrogen-bond donors (Lipinski definition) is 2. The Balaban J connectivity index is 2.03. The monoisotopic (exact) mass is 445 g/mol. The van der Waals surface area contributed by atoms with Gasteiger partial charge in [-0.05, 0) is 37.2 Å². The third kappa shape index (κ3) is 7.66. The van der Waals surface area contributed by atoms with Gasteiger partial charge in [-0.2, -0.15) is 0 Å². The molecule has 0 aliphatic carbocycles. The van der Waals surface area contributed by atoms with E-state index in [-0.39, 0.29) is 31.3 Å². The number of benzene rings is 1. The summed E-state index contributed by atoms with van der Waals surface area (Å²) in [6, 6.07) is 7.54. The highest BCUT2D eigenvalue weighted by atomic mass is 16.5. The molecule has 0 spiro atoms. The fourth-order valence-electron chi connectivity index (χ4n) is 4.03. The summed E-state index contributed by atoms with van der Waals surface area (Å²) in [5.74, 6) is -1.45. The second-order valence-corrected chi connectivity index (χ2v) is 8.88. The summed E-state index contributed by atoms with van der Waals surface area (Å²) in [5.41, 5.74) is 6.05. The number of amides is 3. The molecular formula is C24H35N3O5. The highest BCUT2D eigenvalue weighted by Gasteiger charge is 2.37. The van der Waals surface area contributed by atoms with E-state index >= 15 is 0 Å². The van der Waals surface area contributed by atoms with E-state index in [1.807, 2.05) is 37.3 Å². The average Bonchev–Trinajstić information content (AvgIpc) is 3.24. The van der Waals surface area contributed by atoms with Crippen LogP contribution in [0.25, 0.3) is 0 Å². The molecule has 0 radical (unpaired) electrons. The molecular weight excluding hydrogens is 410 g/mol. The zero-order chi connectivity index (χ0) is 23.7. The number of esters is 1. The lowest BCUT2D eigenvalue weighted by atomic mass is 9.97. The Morgan fingerprint density at radius 2 is 1.84 bits per heavy atom. The number of likely N-dealkylation sites (tertiary alicyclic amines) is 1. The molecule has 3 amide bonds. The number of nitrogens with zero attached hydrogens (tertiary/aromatic N) is 1. The van der Waals surface area contributed by atoms with Gasteiger partial charge in [0, 0.05) is 18.9 Å². The average molecular weight is 446 g/mol. The predicted molar refractivity (Wildman–Crippen MR) is 120 cm³/mol. The fraction of sp³-hybridized carbons (Fsp3) is 0.583. The van der Waals surface area contributed by atoms with Crippen molar-refractivity contribution in [3.8, 4) is 0 Å². The van der Waals surface area contributed by atoms with Crippen LogP contribution in [0.1, 0.15) is 58.4 Å². The van der Waals surface area contributed by atoms with Crippen LogP contribution in [0.15, 0.2) is 30.3 Å². The summed E-state index contributed by atoms with van der Waals surface area (Å²) >= 11 is 0. The molecule has 1 aromatic carbocycles. The summed E-state index contributed by atoms with van der Waals surface area (Å²) in [6.07, 6.45) is 1.98. The minimum Gasteiger partial charge on any atom is -0.459 e. The molecule has 0 unspecified atom stereocenters. The Hall–Kier alpha value is -2.90. The van der Waals surface area contributed by atoms with Crippen LogP contribution in [0.3, 0.4) is 0 Å². The van der Waals surface area contributed by atoms with Crippen molar-refractivity contribution in [3.63, 3.8) is 0 Å². The Morgan fingerprint density at radius 3 is 2.47 bits per heavy atom. The van der Waals surface area contributed by atoms with Crippen LogP contribution >= 0.6 is 0 Å². The zero-order valence-corrected chi connectivity index (χ0v) is 19.2. The highest BCUT2D eigenvalue weighted by Crippen LogP contribution is 2.23. The smallest absolute Gasteiger partial charge is 0.328 e. The van der Waals surface area contributed by atoms with Gasteiger partial charge in [0.2, 0.25) is 17.7 Å². The molecule has 2 rings (SSSR count). The van der Waals surface area contributed by atoms with Gasteiger partial charge < -0.3 is 20.7 Å². The summed E-state index contributed by atoms with van der Waals surface area (Å²) in [5, 5.41) is 2.70. The molecule has 3 atom stereocenters. The normalized spacial score (nSPS) is 17.6. The molecule has 0 aromatic heterocycles. The van der Waals surface area contributed by atoms with Gasteiger partial charge in [0.1, 0.15) is 18.7 Å². The summed E-state index contributed by atoms with van der Waals surface area (Å²) < 4.78 is 5.36. The second kappa shape index (κ2) is 12.2. The standard InChI is InChI=1S/C24H35N3O5/c1-16(2)14-17(3)23(30)27-13-7-10-20(27)22(29)26-19(11-12-21(25)28)24(31)32-15-18-8-5-4-6-9-18/h4-6,8-9,16-17,19-20H,7,10-15H2,1-3H3,(H2,25,28)(H,26,29)/t17-,19-,20-/m0/s1. The first kappa shape index (κ1) is 25.4. The van der Waals surface area contributed by atoms with E-state index in [0.29, 0.717) is 18.9 Å². The first-order valence-electron chi connectivity index (χ1n) is 11.3. The molecule has 8 heteroatoms. The Morgan fingerprint density at radius 1 is 1.16 bits per heavy atom. The number of ether oxygens (including phenoxy) is 1. The maximum absolute atomic E-state index is 13.0. The van der Waals surface area contributed by atoms with Crippen LogP contribution in [0.4, 0.5) is 0 Å². The van der Waals surface area contributed by atoms with Crippen LogP contribution in [0, 0.1) is 11.8 Å². The quantitative estimate of drug-likeness (QED) is 0.506. The van der Waals surface area contributed by atoms with Crippen LogP contribution in [0.5, 0.6) is 0 Å². The molecule has 0 saturated carbocycles. The van der Waals surface area contributed by atoms with Gasteiger partial charge in [-0.15, -0.1) is 0 Å². The Bertz CT molecular complexity index is 796. The van der Waals surface area contributed by atoms with Gasteiger partial charge in [0.25, 0.3) is 0 Å². The summed E-state index contributed by atoms with van der Waals surface area (Å²) in [7, 11) is 0. The molecule has 1 aromatic rings. The zero-order valence-electron chi connectivity index (χ0n) is 19.2. The van der Waals surface area contributed by atoms with Gasteiger partial charge in [-0.25, -0.2) is 4.79 Å². The topological polar surface area (TPSA) is 119 Å². The number of rotatable bonds is 11. The summed E-state index contributed by atoms with van der Waals surface area (Å²) in [4.78, 5) is 51.4. The van der Waals surface area contributed by atoms with Crippen LogP contribution < -0.4 is 11.1 Å². The number of primary amides is 1. The van der Waals surface area contributed by atoms with E-state index in [1.54, 1.807) is 4.90 Å². The SMILES string of the molecule is CC(C)C[C@H](C)C(=O)N1CCC[C@H]1C(=O)N[C@@H](CCC(N)=O)C(=O)OCc1ccccc1. The molecule has 8 nitrogen and oxygen atoms in total. The number of nitrogens with two attached hydrogens (primary N) is 1. The second-order valence-electron chi connectivity index (χ2n) is 8.88. The van der Waals surface area contributed by atoms with Crippen molar-refractivity contribution in [1.29, 1.82) is 0 Å². The highest BCUT2D eigenvalue weighted by molar-refractivity contribution is 5.91. The number of nitrogens with one attached hydrogen (secondary N) is 1. The largest absolute Gasteiger partial charge is 0.459 e. The van der Waals surface area contributed by atoms with Gasteiger partial charge >= 0.3 is 5.97 Å². The maximum Gasteiger partial charge on any atom is 0.328 e. The van der Waals surface area contributed by atoms with Crippen molar-refractivity contribution >= 4 is 23.7 Å². The van der Waals surface area contributed by atoms with Crippen molar-refractivity contribution in [2.75, 3.05) is 6.54 Å². The first-order valence-corrected chi connectivity index (χ1v) is 11.3. The van der Waals surface area contributed by atoms with Gasteiger partial charge in [0.05, 0.1) is 0 Å². The van der Waals surface area contributed by atoms with E-state index in [0.717, 1.165) is 18.4 Å². The van der Waals surface area contributed by atoms with Crippen molar-refractivity contribution < 1.29 is 23.9 Å². The number of hydrogen-bond acceptors (Lipinski definition) is 5. The minimum absolute atomic E-state index is 0.0408. The third-order valence-corrected chi connectivity index (χ3v) is 5.59. The molecule has 32 heavy (non-hydrogen) atoms. The summed E-state index contributed by atoms with van der Waals surface area (Å²) in [6.45, 7) is 6.57. The maximum atomic E-state index is 13.0. The van der Waals surface area contributed by atoms with E-state index in [1.165, 1.54) is 0 Å². The van der Waals surface area contributed by atoms with Gasteiger partial charge in [-0.1, -0.05) is 51.1 Å². The van der Waals surface area contributed by atoms with Crippen molar-refractivity contribution in [1.82, 2.24) is 10.2 Å². The van der Waals surface area contributed by atoms with Crippen LogP contribution in [0.2, 0.25) is 0 Å². The van der Waals surface area contributed by atoms with Crippen LogP contribution in [-0.4, -0.2) is 47.2 Å².